The van der Waals surface area contributed by atoms with Crippen molar-refractivity contribution < 1.29 is 19.1 Å². The molecule has 0 saturated carbocycles. The Morgan fingerprint density at radius 1 is 1.31 bits per heavy atom. The minimum Gasteiger partial charge on any atom is -0.447 e. The lowest BCUT2D eigenvalue weighted by Crippen LogP contribution is -2.46. The zero-order valence-electron chi connectivity index (χ0n) is 18.6. The SMILES string of the molecule is CO[C@@H](C#C[Si](C)(C)C(C)(C)C)[C@@H](C)C(=O)N1C(=O)OC[C@H]1Cc1ccccc1. The Kier molecular flexibility index (Phi) is 7.31. The number of cyclic esters (lactones) is 1. The Morgan fingerprint density at radius 2 is 1.93 bits per heavy atom. The summed E-state index contributed by atoms with van der Waals surface area (Å²) < 4.78 is 10.7. The number of carbonyl (C=O) groups excluding carboxylic acids is 2. The first kappa shape index (κ1) is 23.2. The molecule has 2 rings (SSSR count). The molecule has 1 heterocycles. The number of benzene rings is 1. The van der Waals surface area contributed by atoms with Gasteiger partial charge in [-0.05, 0) is 17.0 Å². The number of methoxy groups -OCH3 is 1. The molecule has 0 aliphatic carbocycles. The van der Waals surface area contributed by atoms with Crippen LogP contribution in [0.3, 0.4) is 0 Å². The van der Waals surface area contributed by atoms with Crippen LogP contribution < -0.4 is 0 Å². The Labute approximate surface area is 175 Å². The lowest BCUT2D eigenvalue weighted by atomic mass is 10.0. The topological polar surface area (TPSA) is 55.8 Å². The molecular formula is C23H33NO4Si. The number of hydrogen-bond donors (Lipinski definition) is 0. The molecule has 1 aromatic rings. The van der Waals surface area contributed by atoms with Gasteiger partial charge in [-0.3, -0.25) is 4.79 Å². The fourth-order valence-corrected chi connectivity index (χ4v) is 3.82. The van der Waals surface area contributed by atoms with Gasteiger partial charge in [-0.2, -0.15) is 0 Å². The molecule has 2 amide bonds. The number of ether oxygens (including phenoxy) is 2. The zero-order valence-corrected chi connectivity index (χ0v) is 19.6. The van der Waals surface area contributed by atoms with E-state index in [0.717, 1.165) is 5.56 Å². The summed E-state index contributed by atoms with van der Waals surface area (Å²) in [6, 6.07) is 9.48. The van der Waals surface area contributed by atoms with E-state index in [-0.39, 0.29) is 23.6 Å². The molecule has 1 fully saturated rings. The molecular weight excluding hydrogens is 382 g/mol. The van der Waals surface area contributed by atoms with Crippen molar-refractivity contribution in [1.29, 1.82) is 0 Å². The van der Waals surface area contributed by atoms with E-state index in [1.165, 1.54) is 4.90 Å². The molecule has 1 aromatic carbocycles. The molecule has 0 unspecified atom stereocenters. The highest BCUT2D eigenvalue weighted by molar-refractivity contribution is 6.87. The van der Waals surface area contributed by atoms with Gasteiger partial charge in [0.2, 0.25) is 5.91 Å². The van der Waals surface area contributed by atoms with E-state index in [0.29, 0.717) is 6.42 Å². The van der Waals surface area contributed by atoms with Gasteiger partial charge in [0, 0.05) is 7.11 Å². The normalized spacial score (nSPS) is 19.2. The van der Waals surface area contributed by atoms with Crippen LogP contribution in [-0.4, -0.2) is 50.8 Å². The largest absolute Gasteiger partial charge is 0.447 e. The van der Waals surface area contributed by atoms with Gasteiger partial charge in [0.15, 0.2) is 0 Å². The van der Waals surface area contributed by atoms with Crippen LogP contribution in [0.4, 0.5) is 4.79 Å². The summed E-state index contributed by atoms with van der Waals surface area (Å²) in [5.41, 5.74) is 4.47. The average molecular weight is 416 g/mol. The molecule has 0 aromatic heterocycles. The van der Waals surface area contributed by atoms with Crippen LogP contribution in [0.5, 0.6) is 0 Å². The lowest BCUT2D eigenvalue weighted by molar-refractivity contribution is -0.135. The van der Waals surface area contributed by atoms with E-state index in [4.69, 9.17) is 9.47 Å². The Balaban J connectivity index is 2.18. The zero-order chi connectivity index (χ0) is 21.8. The van der Waals surface area contributed by atoms with Crippen LogP contribution in [0.2, 0.25) is 18.1 Å². The first-order chi connectivity index (χ1) is 13.5. The average Bonchev–Trinajstić information content (AvgIpc) is 3.01. The minimum absolute atomic E-state index is 0.116. The van der Waals surface area contributed by atoms with Gasteiger partial charge in [-0.25, -0.2) is 9.69 Å². The summed E-state index contributed by atoms with van der Waals surface area (Å²) >= 11 is 0. The summed E-state index contributed by atoms with van der Waals surface area (Å²) in [6.07, 6.45) is -0.587. The van der Waals surface area contributed by atoms with Crippen molar-refractivity contribution in [2.45, 2.75) is 64.4 Å². The van der Waals surface area contributed by atoms with E-state index < -0.39 is 26.2 Å². The van der Waals surface area contributed by atoms with Gasteiger partial charge >= 0.3 is 6.09 Å². The molecule has 6 heteroatoms. The third kappa shape index (κ3) is 5.49. The monoisotopic (exact) mass is 415 g/mol. The lowest BCUT2D eigenvalue weighted by Gasteiger charge is -2.32. The molecule has 0 bridgehead atoms. The van der Waals surface area contributed by atoms with Crippen LogP contribution in [0.25, 0.3) is 0 Å². The Hall–Kier alpha value is -2.10. The quantitative estimate of drug-likeness (QED) is 0.532. The van der Waals surface area contributed by atoms with Crippen LogP contribution in [0, 0.1) is 17.4 Å². The highest BCUT2D eigenvalue weighted by atomic mass is 28.3. The highest BCUT2D eigenvalue weighted by Crippen LogP contribution is 2.35. The van der Waals surface area contributed by atoms with Gasteiger partial charge < -0.3 is 9.47 Å². The van der Waals surface area contributed by atoms with Gasteiger partial charge in [0.25, 0.3) is 0 Å². The summed E-state index contributed by atoms with van der Waals surface area (Å²) in [4.78, 5) is 26.7. The first-order valence-corrected chi connectivity index (χ1v) is 13.1. The number of rotatable bonds is 5. The molecule has 0 N–H and O–H groups in total. The third-order valence-electron chi connectivity index (χ3n) is 6.01. The smallest absolute Gasteiger partial charge is 0.416 e. The minimum atomic E-state index is -1.83. The summed E-state index contributed by atoms with van der Waals surface area (Å²) in [5.74, 6) is 2.32. The van der Waals surface area contributed by atoms with Gasteiger partial charge in [0.1, 0.15) is 20.8 Å². The second-order valence-electron chi connectivity index (χ2n) is 9.22. The van der Waals surface area contributed by atoms with E-state index in [9.17, 15) is 9.59 Å². The van der Waals surface area contributed by atoms with Crippen molar-refractivity contribution in [1.82, 2.24) is 4.90 Å². The molecule has 158 valence electrons. The van der Waals surface area contributed by atoms with Crippen LogP contribution in [0.15, 0.2) is 30.3 Å². The van der Waals surface area contributed by atoms with E-state index in [2.05, 4.69) is 45.3 Å². The maximum absolute atomic E-state index is 13.2. The fraction of sp³-hybridized carbons (Fsp3) is 0.565. The molecule has 1 saturated heterocycles. The van der Waals surface area contributed by atoms with Gasteiger partial charge in [-0.1, -0.05) is 77.0 Å². The van der Waals surface area contributed by atoms with Crippen LogP contribution >= 0.6 is 0 Å². The second kappa shape index (κ2) is 9.14. The molecule has 3 atom stereocenters. The summed E-state index contributed by atoms with van der Waals surface area (Å²) in [7, 11) is -0.278. The Bertz CT molecular complexity index is 789. The van der Waals surface area contributed by atoms with E-state index >= 15 is 0 Å². The first-order valence-electron chi connectivity index (χ1n) is 10.1. The molecule has 0 radical (unpaired) electrons. The number of amides is 2. The van der Waals surface area contributed by atoms with Crippen LogP contribution in [-0.2, 0) is 20.7 Å². The summed E-state index contributed by atoms with van der Waals surface area (Å²) in [6.45, 7) is 13.0. The maximum Gasteiger partial charge on any atom is 0.416 e. The van der Waals surface area contributed by atoms with Crippen LogP contribution in [0.1, 0.15) is 33.3 Å². The van der Waals surface area contributed by atoms with Crippen molar-refractivity contribution in [3.8, 4) is 11.5 Å². The van der Waals surface area contributed by atoms with Gasteiger partial charge in [-0.15, -0.1) is 5.54 Å². The summed E-state index contributed by atoms with van der Waals surface area (Å²) in [5, 5.41) is 0.116. The highest BCUT2D eigenvalue weighted by Gasteiger charge is 2.41. The molecule has 1 aliphatic rings. The standard InChI is InChI=1S/C23H33NO4Si/c1-17(20(27-5)13-14-29(6,7)23(2,3)4)21(25)24-19(16-28-22(24)26)15-18-11-9-8-10-12-18/h8-12,17,19-20H,15-16H2,1-7H3/t17-,19-,20+/m1/s1. The van der Waals surface area contributed by atoms with Crippen molar-refractivity contribution >= 4 is 20.1 Å². The number of hydrogen-bond acceptors (Lipinski definition) is 4. The van der Waals surface area contributed by atoms with Crippen molar-refractivity contribution in [2.24, 2.45) is 5.92 Å². The predicted octanol–water partition coefficient (Wildman–Crippen LogP) is 4.28. The number of imide groups is 1. The predicted molar refractivity (Wildman–Crippen MR) is 117 cm³/mol. The molecule has 0 spiro atoms. The van der Waals surface area contributed by atoms with Crippen molar-refractivity contribution in [2.75, 3.05) is 13.7 Å². The molecule has 1 aliphatic heterocycles. The van der Waals surface area contributed by atoms with E-state index in [1.54, 1.807) is 14.0 Å². The van der Waals surface area contributed by atoms with Crippen molar-refractivity contribution in [3.05, 3.63) is 35.9 Å². The maximum atomic E-state index is 13.2. The molecule has 29 heavy (non-hydrogen) atoms. The van der Waals surface area contributed by atoms with E-state index in [1.807, 2.05) is 30.3 Å². The fourth-order valence-electron chi connectivity index (χ4n) is 2.94. The van der Waals surface area contributed by atoms with Crippen molar-refractivity contribution in [3.63, 3.8) is 0 Å². The van der Waals surface area contributed by atoms with Gasteiger partial charge in [0.05, 0.1) is 12.0 Å². The number of nitrogens with zero attached hydrogens (tertiary/aromatic N) is 1. The Morgan fingerprint density at radius 3 is 2.48 bits per heavy atom. The number of carbonyl (C=O) groups is 2. The molecule has 5 nitrogen and oxygen atoms in total. The third-order valence-corrected chi connectivity index (χ3v) is 10.5. The second-order valence-corrected chi connectivity index (χ2v) is 14.2.